The first-order chi connectivity index (χ1) is 44.8. The van der Waals surface area contributed by atoms with Gasteiger partial charge in [-0.1, -0.05) is 58.4 Å². The first-order valence-corrected chi connectivity index (χ1v) is 35.5. The van der Waals surface area contributed by atoms with Crippen LogP contribution in [0.3, 0.4) is 0 Å². The van der Waals surface area contributed by atoms with Gasteiger partial charge in [-0.05, 0) is 140 Å². The number of rotatable bonds is 20. The van der Waals surface area contributed by atoms with Gasteiger partial charge in [-0.15, -0.1) is 0 Å². The minimum absolute atomic E-state index is 0. The average Bonchev–Trinajstić information content (AvgIpc) is 1.69. The minimum atomic E-state index is -5.10. The van der Waals surface area contributed by atoms with E-state index in [1.54, 1.807) is 13.8 Å². The zero-order chi connectivity index (χ0) is 70.5. The molecule has 3 saturated carbocycles. The van der Waals surface area contributed by atoms with Gasteiger partial charge in [0.25, 0.3) is 0 Å². The summed E-state index contributed by atoms with van der Waals surface area (Å²) in [5.41, 5.74) is 0.441. The van der Waals surface area contributed by atoms with Crippen molar-refractivity contribution >= 4 is 10.4 Å². The van der Waals surface area contributed by atoms with Gasteiger partial charge in [-0.2, -0.15) is 0 Å². The second-order valence-electron chi connectivity index (χ2n) is 30.2. The van der Waals surface area contributed by atoms with Crippen LogP contribution in [0.4, 0.5) is 0 Å². The third-order valence-corrected chi connectivity index (χ3v) is 24.1. The van der Waals surface area contributed by atoms with Crippen LogP contribution in [0, 0.1) is 46.3 Å². The molecule has 4 aliphatic carbocycles. The Hall–Kier alpha value is -0.690. The molecule has 6 saturated heterocycles. The van der Waals surface area contributed by atoms with Gasteiger partial charge < -0.3 is 133 Å². The molecule has 0 spiro atoms. The van der Waals surface area contributed by atoms with Crippen molar-refractivity contribution in [1.82, 2.24) is 0 Å². The van der Waals surface area contributed by atoms with Gasteiger partial charge in [0.05, 0.1) is 61.0 Å². The van der Waals surface area contributed by atoms with Crippen molar-refractivity contribution in [3.05, 3.63) is 23.8 Å². The summed E-state index contributed by atoms with van der Waals surface area (Å²) in [6.07, 6.45) is -41.9. The molecule has 0 aromatic carbocycles. The molecular formula is C65H107NaO30S. The molecule has 0 aromatic rings. The molecule has 554 valence electrons. The Labute approximate surface area is 589 Å². The van der Waals surface area contributed by atoms with E-state index in [0.29, 0.717) is 25.7 Å². The van der Waals surface area contributed by atoms with E-state index in [-0.39, 0.29) is 71.5 Å². The third-order valence-electron chi connectivity index (χ3n) is 23.6. The second kappa shape index (κ2) is 31.4. The van der Waals surface area contributed by atoms with E-state index >= 15 is 0 Å². The predicted octanol–water partition coefficient (Wildman–Crippen LogP) is -4.51. The van der Waals surface area contributed by atoms with E-state index in [1.165, 1.54) is 33.3 Å². The summed E-state index contributed by atoms with van der Waals surface area (Å²) in [6, 6.07) is 0. The first-order valence-electron chi connectivity index (χ1n) is 34.2. The SMILES string of the molecule is C=C(CC[C@](C)(O)[C@H]1CC[C@H]2[C@@H]3C[C@H](O[C@@H]4O[C@H](C)[C@@H](O)[C@H](O[C@@H]5O[C@H](C)[C@@H](O[C@@H]6O[C@H](C)[C@H](O)[C@H](O)[C@H]6O[C@@H]6O[C@H](C)[C@H](O)[C@H](O[C@@H]7O[C@H](CO)[C@H](O)[C@H](O)[C@H]7O)[C@H]6O)[C@H](O)[C@H]5O[C@@H]5O[C@H](C)[C@@H](O)[C@H](O)[C@H]5O)[C@H]4C)[C@H]4C[C@@H](OS(=O)(=O)[O-])CC[C@]4(C)C3=CC[C@@]21C)C(C)C.[Na+]. The molecule has 39 atom stereocenters. The fourth-order valence-electron chi connectivity index (χ4n) is 17.5. The average molecular weight is 1420 g/mol. The zero-order valence-electron chi connectivity index (χ0n) is 57.4. The number of hydrogen-bond acceptors (Lipinski definition) is 30. The normalized spacial score (nSPS) is 51.8. The van der Waals surface area contributed by atoms with Crippen LogP contribution in [-0.4, -0.2) is 287 Å². The minimum Gasteiger partial charge on any atom is -0.726 e. The molecule has 30 nitrogen and oxygen atoms in total. The van der Waals surface area contributed by atoms with Crippen molar-refractivity contribution < 1.29 is 175 Å². The molecule has 97 heavy (non-hydrogen) atoms. The smallest absolute Gasteiger partial charge is 0.726 e. The molecule has 32 heteroatoms. The van der Waals surface area contributed by atoms with Gasteiger partial charge in [-0.25, -0.2) is 8.42 Å². The van der Waals surface area contributed by atoms with E-state index in [4.69, 9.17) is 61.0 Å². The second-order valence-corrected chi connectivity index (χ2v) is 31.2. The summed E-state index contributed by atoms with van der Waals surface area (Å²) in [7, 11) is -5.10. The van der Waals surface area contributed by atoms with Crippen molar-refractivity contribution in [2.24, 2.45) is 46.3 Å². The molecule has 0 bridgehead atoms. The summed E-state index contributed by atoms with van der Waals surface area (Å²) in [6.45, 7) is 23.0. The van der Waals surface area contributed by atoms with Crippen molar-refractivity contribution in [3.8, 4) is 0 Å². The molecule has 6 aliphatic heterocycles. The van der Waals surface area contributed by atoms with E-state index in [2.05, 4.69) is 40.3 Å². The summed E-state index contributed by atoms with van der Waals surface area (Å²) in [5.74, 6) is -0.995. The Kier molecular flexibility index (Phi) is 26.0. The van der Waals surface area contributed by atoms with Crippen LogP contribution in [0.2, 0.25) is 0 Å². The molecule has 0 unspecified atom stereocenters. The fourth-order valence-corrected chi connectivity index (χ4v) is 18.0. The van der Waals surface area contributed by atoms with Crippen LogP contribution < -0.4 is 29.6 Å². The molecule has 14 N–H and O–H groups in total. The summed E-state index contributed by atoms with van der Waals surface area (Å²) in [5, 5.41) is 158. The molecule has 9 fully saturated rings. The number of aliphatic hydroxyl groups excluding tert-OH is 13. The Morgan fingerprint density at radius 3 is 1.68 bits per heavy atom. The van der Waals surface area contributed by atoms with Gasteiger partial charge in [0, 0.05) is 5.92 Å². The first kappa shape index (κ1) is 80.4. The zero-order valence-corrected chi connectivity index (χ0v) is 60.2. The monoisotopic (exact) mass is 1420 g/mol. The van der Waals surface area contributed by atoms with Crippen LogP contribution in [-0.2, 0) is 71.4 Å². The fraction of sp³-hybridized carbons (Fsp3) is 0.938. The van der Waals surface area contributed by atoms with Crippen LogP contribution in [0.25, 0.3) is 0 Å². The quantitative estimate of drug-likeness (QED) is 0.0236. The van der Waals surface area contributed by atoms with Crippen molar-refractivity contribution in [2.75, 3.05) is 6.61 Å². The standard InChI is InChI=1S/C65H108O30S.Na/c1-24(2)25(3)15-20-65(12,79)39-14-13-34-33-22-37(36-21-32(95-96(80,81)82)16-18-63(36,10)35(33)17-19-64(34,39)11)88-57-26(4)52(42(69)29(7)83-57)90-62-56(94-58-48(75)45(72)40(67)27(5)84-58)50(77)53(31(9)87-62)91-61-55(47(74)41(68)28(6)86-61)93-60-51(78)54(43(70)30(8)85-60)92-59-49(76)46(73)44(71)38(23-66)89-59;/h17,24,26-34,36-62,66-79H,3,13-16,18-23H2,1-2,4-12H3,(H,80,81,82);/q;+1/p-1/t26-,27-,28-,29-,30-,31-,32+,33+,34+,36-,37+,38-,39+,40-,41+,42-,43+,44+,45+,46+,47+,48-,49-,50+,51-,52-,53-,54+,55-,56-,57+,58+,59+,60+,61+,62+,63-,64+,65+;/m1./s1. The van der Waals surface area contributed by atoms with Crippen LogP contribution >= 0.6 is 0 Å². The van der Waals surface area contributed by atoms with E-state index < -0.39 is 230 Å². The van der Waals surface area contributed by atoms with Crippen LogP contribution in [0.15, 0.2) is 23.8 Å². The summed E-state index contributed by atoms with van der Waals surface area (Å²) < 4.78 is 117. The topological polar surface area (TPSA) is 460 Å². The van der Waals surface area contributed by atoms with Gasteiger partial charge >= 0.3 is 29.6 Å². The Morgan fingerprint density at radius 1 is 0.588 bits per heavy atom. The van der Waals surface area contributed by atoms with Gasteiger partial charge in [0.1, 0.15) is 104 Å². The maximum Gasteiger partial charge on any atom is 1.00 e. The van der Waals surface area contributed by atoms with E-state index in [1.807, 2.05) is 6.92 Å². The maximum atomic E-state index is 12.7. The number of hydrogen-bond donors (Lipinski definition) is 14. The van der Waals surface area contributed by atoms with Crippen molar-refractivity contribution in [1.29, 1.82) is 0 Å². The van der Waals surface area contributed by atoms with Crippen molar-refractivity contribution in [2.45, 2.75) is 330 Å². The molecule has 0 amide bonds. The predicted molar refractivity (Wildman–Crippen MR) is 327 cm³/mol. The number of allylic oxidation sites excluding steroid dienone is 3. The summed E-state index contributed by atoms with van der Waals surface area (Å²) in [4.78, 5) is 0. The number of ether oxygens (including phenoxy) is 12. The number of fused-ring (bicyclic) bond motifs is 5. The molecule has 0 aromatic heterocycles. The molecule has 10 rings (SSSR count). The van der Waals surface area contributed by atoms with E-state index in [9.17, 15) is 84.5 Å². The summed E-state index contributed by atoms with van der Waals surface area (Å²) >= 11 is 0. The van der Waals surface area contributed by atoms with Gasteiger partial charge in [-0.3, -0.25) is 4.18 Å². The van der Waals surface area contributed by atoms with Gasteiger partial charge in [0.2, 0.25) is 10.4 Å². The third kappa shape index (κ3) is 16.1. The Bertz CT molecular complexity index is 2770. The molecule has 0 radical (unpaired) electrons. The maximum absolute atomic E-state index is 12.7. The Morgan fingerprint density at radius 2 is 1.08 bits per heavy atom. The largest absolute Gasteiger partial charge is 1.00 e. The van der Waals surface area contributed by atoms with Crippen molar-refractivity contribution in [3.63, 3.8) is 0 Å². The van der Waals surface area contributed by atoms with E-state index in [0.717, 1.165) is 24.8 Å². The van der Waals surface area contributed by atoms with Crippen LogP contribution in [0.1, 0.15) is 134 Å². The number of aliphatic hydroxyl groups is 14. The Balaban J connectivity index is 0.0000110. The van der Waals surface area contributed by atoms with Crippen LogP contribution in [0.5, 0.6) is 0 Å². The molecular weight excluding hydrogens is 1320 g/mol. The molecule has 10 aliphatic rings. The molecule has 6 heterocycles. The van der Waals surface area contributed by atoms with Gasteiger partial charge in [0.15, 0.2) is 37.7 Å².